The number of methoxy groups -OCH3 is 1. The number of anilines is 1. The first-order valence-electron chi connectivity index (χ1n) is 10.5. The van der Waals surface area contributed by atoms with Crippen molar-refractivity contribution >= 4 is 39.3 Å². The molecule has 0 atom stereocenters. The Balaban J connectivity index is 1.83. The van der Waals surface area contributed by atoms with Gasteiger partial charge in [0.15, 0.2) is 11.5 Å². The van der Waals surface area contributed by atoms with Crippen LogP contribution in [-0.4, -0.2) is 17.9 Å². The molecular formula is C26H22BrN3O5. The van der Waals surface area contributed by atoms with Crippen LogP contribution in [0.25, 0.3) is 6.08 Å². The summed E-state index contributed by atoms with van der Waals surface area (Å²) >= 11 is 3.45. The number of nitrogens with zero attached hydrogens (tertiary/aromatic N) is 2. The van der Waals surface area contributed by atoms with Gasteiger partial charge >= 0.3 is 0 Å². The van der Waals surface area contributed by atoms with E-state index in [4.69, 9.17) is 9.47 Å². The molecule has 0 bridgehead atoms. The number of carbonyl (C=O) groups is 1. The topological polar surface area (TPSA) is 114 Å². The summed E-state index contributed by atoms with van der Waals surface area (Å²) in [5.74, 6) is 0.233. The molecule has 8 nitrogen and oxygen atoms in total. The summed E-state index contributed by atoms with van der Waals surface area (Å²) in [5.41, 5.74) is 3.56. The van der Waals surface area contributed by atoms with Gasteiger partial charge in [-0.3, -0.25) is 14.9 Å². The van der Waals surface area contributed by atoms with E-state index >= 15 is 0 Å². The van der Waals surface area contributed by atoms with E-state index < -0.39 is 10.8 Å². The lowest BCUT2D eigenvalue weighted by Gasteiger charge is -2.13. The quantitative estimate of drug-likeness (QED) is 0.161. The lowest BCUT2D eigenvalue weighted by molar-refractivity contribution is -0.384. The Labute approximate surface area is 211 Å². The monoisotopic (exact) mass is 535 g/mol. The number of carbonyl (C=O) groups excluding carboxylic acids is 1. The van der Waals surface area contributed by atoms with Gasteiger partial charge in [-0.05, 0) is 60.4 Å². The predicted molar refractivity (Wildman–Crippen MR) is 136 cm³/mol. The molecule has 0 aliphatic heterocycles. The van der Waals surface area contributed by atoms with Gasteiger partial charge in [0.1, 0.15) is 18.2 Å². The van der Waals surface area contributed by atoms with Crippen molar-refractivity contribution in [3.8, 4) is 17.6 Å². The average Bonchev–Trinajstić information content (AvgIpc) is 2.84. The second kappa shape index (κ2) is 11.3. The molecule has 35 heavy (non-hydrogen) atoms. The number of halogens is 1. The van der Waals surface area contributed by atoms with Crippen LogP contribution in [0, 0.1) is 35.3 Å². The van der Waals surface area contributed by atoms with Crippen molar-refractivity contribution < 1.29 is 19.2 Å². The van der Waals surface area contributed by atoms with Crippen LogP contribution in [-0.2, 0) is 11.4 Å². The maximum atomic E-state index is 12.8. The third-order valence-electron chi connectivity index (χ3n) is 5.10. The minimum absolute atomic E-state index is 0.0251. The number of nitro benzene ring substituents is 1. The Morgan fingerprint density at radius 1 is 1.17 bits per heavy atom. The van der Waals surface area contributed by atoms with Crippen molar-refractivity contribution in [2.75, 3.05) is 12.4 Å². The summed E-state index contributed by atoms with van der Waals surface area (Å²) < 4.78 is 11.8. The molecule has 3 aromatic carbocycles. The lowest BCUT2D eigenvalue weighted by Crippen LogP contribution is -2.14. The largest absolute Gasteiger partial charge is 0.493 e. The second-order valence-corrected chi connectivity index (χ2v) is 8.54. The predicted octanol–water partition coefficient (Wildman–Crippen LogP) is 6.11. The van der Waals surface area contributed by atoms with Gasteiger partial charge < -0.3 is 14.8 Å². The van der Waals surface area contributed by atoms with E-state index in [-0.39, 0.29) is 17.9 Å². The lowest BCUT2D eigenvalue weighted by atomic mass is 10.1. The first-order chi connectivity index (χ1) is 16.7. The number of nitro groups is 1. The molecule has 1 N–H and O–H groups in total. The Morgan fingerprint density at radius 2 is 1.94 bits per heavy atom. The molecule has 0 spiro atoms. The standard InChI is InChI=1S/C26H22BrN3O5/c1-16-7-8-17(2)23(9-16)29-26(31)20(14-28)11-19-12-24(34-3)25(13-22(19)27)35-15-18-5-4-6-21(10-18)30(32)33/h4-13H,15H2,1-3H3,(H,29,31)/b20-11+. The molecule has 0 fully saturated rings. The zero-order valence-electron chi connectivity index (χ0n) is 19.3. The molecule has 0 saturated heterocycles. The summed E-state index contributed by atoms with van der Waals surface area (Å²) in [4.78, 5) is 23.3. The van der Waals surface area contributed by atoms with Gasteiger partial charge in [-0.2, -0.15) is 5.26 Å². The highest BCUT2D eigenvalue weighted by Crippen LogP contribution is 2.35. The van der Waals surface area contributed by atoms with Gasteiger partial charge in [0.05, 0.1) is 12.0 Å². The van der Waals surface area contributed by atoms with Crippen LogP contribution in [0.15, 0.2) is 64.6 Å². The first kappa shape index (κ1) is 25.5. The third kappa shape index (κ3) is 6.46. The van der Waals surface area contributed by atoms with Crippen molar-refractivity contribution in [1.82, 2.24) is 0 Å². The molecule has 3 aromatic rings. The number of rotatable bonds is 8. The summed E-state index contributed by atoms with van der Waals surface area (Å²) in [7, 11) is 1.47. The minimum Gasteiger partial charge on any atom is -0.493 e. The highest BCUT2D eigenvalue weighted by molar-refractivity contribution is 9.10. The number of nitriles is 1. The van der Waals surface area contributed by atoms with E-state index in [1.807, 2.05) is 38.1 Å². The number of hydrogen-bond donors (Lipinski definition) is 1. The fraction of sp³-hybridized carbons (Fsp3) is 0.154. The van der Waals surface area contributed by atoms with Gasteiger partial charge in [-0.1, -0.05) is 40.2 Å². The van der Waals surface area contributed by atoms with E-state index in [1.54, 1.807) is 24.3 Å². The molecule has 0 aliphatic carbocycles. The Morgan fingerprint density at radius 3 is 2.63 bits per heavy atom. The normalized spacial score (nSPS) is 10.9. The Hall–Kier alpha value is -4.16. The maximum Gasteiger partial charge on any atom is 0.269 e. The van der Waals surface area contributed by atoms with Crippen molar-refractivity contribution in [1.29, 1.82) is 5.26 Å². The zero-order chi connectivity index (χ0) is 25.5. The number of benzene rings is 3. The summed E-state index contributed by atoms with van der Waals surface area (Å²) in [6.07, 6.45) is 1.46. The van der Waals surface area contributed by atoms with Crippen LogP contribution < -0.4 is 14.8 Å². The average molecular weight is 536 g/mol. The van der Waals surface area contributed by atoms with Gasteiger partial charge in [-0.15, -0.1) is 0 Å². The number of nitrogens with one attached hydrogen (secondary N) is 1. The molecule has 0 heterocycles. The van der Waals surface area contributed by atoms with E-state index in [2.05, 4.69) is 21.2 Å². The highest BCUT2D eigenvalue weighted by atomic mass is 79.9. The van der Waals surface area contributed by atoms with E-state index in [1.165, 1.54) is 25.3 Å². The van der Waals surface area contributed by atoms with Crippen molar-refractivity contribution in [2.45, 2.75) is 20.5 Å². The van der Waals surface area contributed by atoms with Crippen molar-refractivity contribution in [3.63, 3.8) is 0 Å². The van der Waals surface area contributed by atoms with E-state index in [0.29, 0.717) is 32.8 Å². The molecule has 0 unspecified atom stereocenters. The van der Waals surface area contributed by atoms with Crippen LogP contribution >= 0.6 is 15.9 Å². The SMILES string of the molecule is COc1cc(/C=C(\C#N)C(=O)Nc2cc(C)ccc2C)c(Br)cc1OCc1cccc([N+](=O)[O-])c1. The summed E-state index contributed by atoms with van der Waals surface area (Å²) in [6, 6.07) is 17.1. The summed E-state index contributed by atoms with van der Waals surface area (Å²) in [6.45, 7) is 3.88. The van der Waals surface area contributed by atoms with Gasteiger partial charge in [-0.25, -0.2) is 0 Å². The Kier molecular flexibility index (Phi) is 8.23. The van der Waals surface area contributed by atoms with Crippen LogP contribution in [0.3, 0.4) is 0 Å². The van der Waals surface area contributed by atoms with E-state index in [0.717, 1.165) is 11.1 Å². The number of ether oxygens (including phenoxy) is 2. The first-order valence-corrected chi connectivity index (χ1v) is 11.2. The number of hydrogen-bond acceptors (Lipinski definition) is 6. The number of aryl methyl sites for hydroxylation is 2. The van der Waals surface area contributed by atoms with Crippen LogP contribution in [0.2, 0.25) is 0 Å². The number of amides is 1. The fourth-order valence-corrected chi connectivity index (χ4v) is 3.66. The molecular weight excluding hydrogens is 514 g/mol. The van der Waals surface area contributed by atoms with Crippen molar-refractivity contribution in [3.05, 3.63) is 97.0 Å². The summed E-state index contributed by atoms with van der Waals surface area (Å²) in [5, 5.41) is 23.4. The molecule has 3 rings (SSSR count). The van der Waals surface area contributed by atoms with Crippen LogP contribution in [0.1, 0.15) is 22.3 Å². The molecule has 178 valence electrons. The minimum atomic E-state index is -0.530. The molecule has 9 heteroatoms. The van der Waals surface area contributed by atoms with Crippen LogP contribution in [0.4, 0.5) is 11.4 Å². The second-order valence-electron chi connectivity index (χ2n) is 7.68. The van der Waals surface area contributed by atoms with Gasteiger partial charge in [0.25, 0.3) is 11.6 Å². The smallest absolute Gasteiger partial charge is 0.269 e. The molecule has 0 saturated carbocycles. The van der Waals surface area contributed by atoms with E-state index in [9.17, 15) is 20.2 Å². The van der Waals surface area contributed by atoms with Gasteiger partial charge in [0, 0.05) is 22.3 Å². The fourth-order valence-electron chi connectivity index (χ4n) is 3.22. The van der Waals surface area contributed by atoms with Crippen LogP contribution in [0.5, 0.6) is 11.5 Å². The number of non-ortho nitro benzene ring substituents is 1. The maximum absolute atomic E-state index is 12.8. The zero-order valence-corrected chi connectivity index (χ0v) is 20.9. The van der Waals surface area contributed by atoms with Gasteiger partial charge in [0.2, 0.25) is 0 Å². The molecule has 1 amide bonds. The van der Waals surface area contributed by atoms with Crippen molar-refractivity contribution in [2.24, 2.45) is 0 Å². The molecule has 0 aromatic heterocycles. The Bertz CT molecular complexity index is 1360. The highest BCUT2D eigenvalue weighted by Gasteiger charge is 2.15. The molecule has 0 aliphatic rings. The molecule has 0 radical (unpaired) electrons. The third-order valence-corrected chi connectivity index (χ3v) is 5.79.